The first-order valence-corrected chi connectivity index (χ1v) is 10.7. The Labute approximate surface area is 184 Å². The van der Waals surface area contributed by atoms with Gasteiger partial charge in [0.05, 0.1) is 12.1 Å². The Morgan fingerprint density at radius 1 is 1.03 bits per heavy atom. The molecular formula is C25H22BrNO3. The highest BCUT2D eigenvalue weighted by atomic mass is 79.9. The van der Waals surface area contributed by atoms with E-state index in [0.717, 1.165) is 15.6 Å². The fourth-order valence-corrected chi connectivity index (χ4v) is 4.32. The minimum absolute atomic E-state index is 0.259. The summed E-state index contributed by atoms with van der Waals surface area (Å²) in [4.78, 5) is 27.9. The van der Waals surface area contributed by atoms with Crippen molar-refractivity contribution in [2.24, 2.45) is 0 Å². The van der Waals surface area contributed by atoms with E-state index in [4.69, 9.17) is 0 Å². The van der Waals surface area contributed by atoms with Gasteiger partial charge in [0.2, 0.25) is 0 Å². The summed E-state index contributed by atoms with van der Waals surface area (Å²) in [6.07, 6.45) is 0.366. The first kappa shape index (κ1) is 20.5. The maximum absolute atomic E-state index is 13.4. The van der Waals surface area contributed by atoms with E-state index in [2.05, 4.69) is 15.9 Å². The summed E-state index contributed by atoms with van der Waals surface area (Å²) in [5.41, 5.74) is 1.80. The summed E-state index contributed by atoms with van der Waals surface area (Å²) in [6.45, 7) is 2.34. The Morgan fingerprint density at radius 2 is 1.80 bits per heavy atom. The van der Waals surface area contributed by atoms with E-state index in [1.807, 2.05) is 55.5 Å². The van der Waals surface area contributed by atoms with Crippen molar-refractivity contribution < 1.29 is 14.7 Å². The molecule has 4 nitrogen and oxygen atoms in total. The quantitative estimate of drug-likeness (QED) is 0.533. The summed E-state index contributed by atoms with van der Waals surface area (Å²) in [5, 5.41) is 11.5. The number of ketones is 1. The summed E-state index contributed by atoms with van der Waals surface area (Å²) in [7, 11) is 0. The zero-order chi connectivity index (χ0) is 21.3. The second kappa shape index (κ2) is 8.17. The lowest BCUT2D eigenvalue weighted by atomic mass is 9.88. The van der Waals surface area contributed by atoms with Crippen molar-refractivity contribution in [1.82, 2.24) is 0 Å². The van der Waals surface area contributed by atoms with Crippen LogP contribution in [-0.2, 0) is 16.8 Å². The highest BCUT2D eigenvalue weighted by Crippen LogP contribution is 2.44. The monoisotopic (exact) mass is 463 g/mol. The van der Waals surface area contributed by atoms with Crippen LogP contribution in [0.2, 0.25) is 0 Å². The molecule has 1 amide bonds. The third-order valence-corrected chi connectivity index (χ3v) is 6.01. The molecule has 5 heteroatoms. The van der Waals surface area contributed by atoms with Gasteiger partial charge in [0.25, 0.3) is 5.91 Å². The summed E-state index contributed by atoms with van der Waals surface area (Å²) in [6, 6.07) is 22.5. The van der Waals surface area contributed by atoms with E-state index in [-0.39, 0.29) is 12.2 Å². The lowest BCUT2D eigenvalue weighted by Gasteiger charge is -2.23. The molecule has 0 saturated carbocycles. The van der Waals surface area contributed by atoms with Crippen molar-refractivity contribution in [3.63, 3.8) is 0 Å². The van der Waals surface area contributed by atoms with Crippen LogP contribution in [0.25, 0.3) is 0 Å². The number of carbonyl (C=O) groups excluding carboxylic acids is 2. The molecule has 1 aliphatic rings. The van der Waals surface area contributed by atoms with Gasteiger partial charge in [-0.25, -0.2) is 0 Å². The number of carbonyl (C=O) groups is 2. The maximum atomic E-state index is 13.4. The number of Topliss-reactive ketones (excluding diaryl/α,β-unsaturated/α-hetero) is 1. The minimum atomic E-state index is -1.88. The number of halogens is 1. The molecule has 1 atom stereocenters. The summed E-state index contributed by atoms with van der Waals surface area (Å²) < 4.78 is 0.750. The smallest absolute Gasteiger partial charge is 0.264 e. The molecule has 1 unspecified atom stereocenters. The molecule has 0 saturated heterocycles. The van der Waals surface area contributed by atoms with Gasteiger partial charge in [-0.15, -0.1) is 0 Å². The lowest BCUT2D eigenvalue weighted by Crippen LogP contribution is -2.42. The van der Waals surface area contributed by atoms with Gasteiger partial charge in [0, 0.05) is 22.1 Å². The van der Waals surface area contributed by atoms with Crippen molar-refractivity contribution in [3.8, 4) is 0 Å². The van der Waals surface area contributed by atoms with Gasteiger partial charge in [-0.3, -0.25) is 9.59 Å². The fraction of sp³-hybridized carbons (Fsp3) is 0.200. The first-order valence-electron chi connectivity index (χ1n) is 9.87. The zero-order valence-electron chi connectivity index (χ0n) is 16.6. The van der Waals surface area contributed by atoms with Crippen LogP contribution in [0, 0.1) is 6.92 Å². The molecule has 3 aromatic carbocycles. The highest BCUT2D eigenvalue weighted by Gasteiger charge is 2.50. The Morgan fingerprint density at radius 3 is 2.53 bits per heavy atom. The number of amides is 1. The first-order chi connectivity index (χ1) is 14.4. The van der Waals surface area contributed by atoms with E-state index in [9.17, 15) is 14.7 Å². The molecule has 4 rings (SSSR count). The average molecular weight is 464 g/mol. The van der Waals surface area contributed by atoms with Gasteiger partial charge in [0.1, 0.15) is 0 Å². The average Bonchev–Trinajstić information content (AvgIpc) is 2.94. The Hall–Kier alpha value is -2.76. The highest BCUT2D eigenvalue weighted by molar-refractivity contribution is 9.10. The third-order valence-electron chi connectivity index (χ3n) is 5.52. The molecule has 152 valence electrons. The normalized spacial score (nSPS) is 17.8. The van der Waals surface area contributed by atoms with Crippen molar-refractivity contribution >= 4 is 33.3 Å². The number of hydrogen-bond acceptors (Lipinski definition) is 3. The number of benzene rings is 3. The molecule has 0 fully saturated rings. The fourth-order valence-electron chi connectivity index (χ4n) is 3.95. The SMILES string of the molecule is Cc1cccc(C(=O)CC2(O)C(=O)N(CCc3ccccc3)c3ccc(Br)cc32)c1. The van der Waals surface area contributed by atoms with Gasteiger partial charge in [0.15, 0.2) is 11.4 Å². The third kappa shape index (κ3) is 3.83. The van der Waals surface area contributed by atoms with Crippen LogP contribution in [0.1, 0.15) is 33.5 Å². The van der Waals surface area contributed by atoms with E-state index in [1.165, 1.54) is 0 Å². The van der Waals surface area contributed by atoms with Crippen molar-refractivity contribution in [1.29, 1.82) is 0 Å². The molecular weight excluding hydrogens is 442 g/mol. The van der Waals surface area contributed by atoms with Crippen molar-refractivity contribution in [2.45, 2.75) is 25.4 Å². The van der Waals surface area contributed by atoms with Gasteiger partial charge < -0.3 is 10.0 Å². The summed E-state index contributed by atoms with van der Waals surface area (Å²) >= 11 is 3.43. The van der Waals surface area contributed by atoms with Crippen LogP contribution < -0.4 is 4.90 Å². The van der Waals surface area contributed by atoms with Gasteiger partial charge in [-0.05, 0) is 43.2 Å². The predicted molar refractivity (Wildman–Crippen MR) is 121 cm³/mol. The number of fused-ring (bicyclic) bond motifs is 1. The minimum Gasteiger partial charge on any atom is -0.375 e. The maximum Gasteiger partial charge on any atom is 0.264 e. The van der Waals surface area contributed by atoms with E-state index in [1.54, 1.807) is 29.2 Å². The molecule has 1 aliphatic heterocycles. The molecule has 3 aromatic rings. The molecule has 0 bridgehead atoms. The Balaban J connectivity index is 1.65. The van der Waals surface area contributed by atoms with Crippen LogP contribution in [0.5, 0.6) is 0 Å². The van der Waals surface area contributed by atoms with Crippen molar-refractivity contribution in [3.05, 3.63) is 99.5 Å². The lowest BCUT2D eigenvalue weighted by molar-refractivity contribution is -0.135. The van der Waals surface area contributed by atoms with Crippen LogP contribution in [0.3, 0.4) is 0 Å². The Bertz CT molecular complexity index is 1110. The molecule has 0 aromatic heterocycles. The molecule has 1 heterocycles. The number of nitrogens with zero attached hydrogens (tertiary/aromatic N) is 1. The molecule has 0 aliphatic carbocycles. The second-order valence-electron chi connectivity index (χ2n) is 7.68. The summed E-state index contributed by atoms with van der Waals surface area (Å²) in [5.74, 6) is -0.710. The van der Waals surface area contributed by atoms with Gasteiger partial charge >= 0.3 is 0 Å². The molecule has 0 spiro atoms. The molecule has 30 heavy (non-hydrogen) atoms. The van der Waals surface area contributed by atoms with Crippen molar-refractivity contribution in [2.75, 3.05) is 11.4 Å². The van der Waals surface area contributed by atoms with Crippen LogP contribution in [0.15, 0.2) is 77.3 Å². The number of aryl methyl sites for hydroxylation is 1. The van der Waals surface area contributed by atoms with E-state index >= 15 is 0 Å². The topological polar surface area (TPSA) is 57.6 Å². The predicted octanol–water partition coefficient (Wildman–Crippen LogP) is 4.81. The van der Waals surface area contributed by atoms with E-state index < -0.39 is 11.5 Å². The molecule has 0 radical (unpaired) electrons. The molecule has 1 N–H and O–H groups in total. The number of anilines is 1. The van der Waals surface area contributed by atoms with Gasteiger partial charge in [-0.1, -0.05) is 70.0 Å². The Kier molecular flexibility index (Phi) is 5.58. The van der Waals surface area contributed by atoms with E-state index in [0.29, 0.717) is 29.8 Å². The standard InChI is InChI=1S/C25H22BrNO3/c1-17-6-5-9-19(14-17)23(28)16-25(30)21-15-20(26)10-11-22(21)27(24(25)29)13-12-18-7-3-2-4-8-18/h2-11,14-15,30H,12-13,16H2,1H3. The number of hydrogen-bond donors (Lipinski definition) is 1. The number of rotatable bonds is 6. The largest absolute Gasteiger partial charge is 0.375 e. The second-order valence-corrected chi connectivity index (χ2v) is 8.60. The van der Waals surface area contributed by atoms with Crippen LogP contribution in [-0.4, -0.2) is 23.3 Å². The van der Waals surface area contributed by atoms with Crippen LogP contribution >= 0.6 is 15.9 Å². The zero-order valence-corrected chi connectivity index (χ0v) is 18.2. The van der Waals surface area contributed by atoms with Gasteiger partial charge in [-0.2, -0.15) is 0 Å². The van der Waals surface area contributed by atoms with Crippen LogP contribution in [0.4, 0.5) is 5.69 Å². The number of aliphatic hydroxyl groups is 1.